The standard InChI is InChI=1S/C30H32N4O3.ClH/c1-34(21-28(35)31-25-11-3-2-4-12-25,22-30(37)33-19-16-24-10-6-8-14-27(24)33)20-17-29(36)32-18-15-23-9-5-7-13-26(23)32;/h2-14H,15-22H2,1H3;1H. The summed E-state index contributed by atoms with van der Waals surface area (Å²) in [4.78, 5) is 43.5. The quantitative estimate of drug-likeness (QED) is 0.433. The zero-order valence-corrected chi connectivity index (χ0v) is 22.4. The number of benzene rings is 3. The van der Waals surface area contributed by atoms with Crippen molar-refractivity contribution in [1.29, 1.82) is 0 Å². The van der Waals surface area contributed by atoms with Crippen LogP contribution in [-0.4, -0.2) is 62.0 Å². The number of anilines is 3. The molecule has 1 unspecified atom stereocenters. The maximum absolute atomic E-state index is 13.5. The lowest BCUT2D eigenvalue weighted by atomic mass is 10.2. The Bertz CT molecular complexity index is 1320. The lowest BCUT2D eigenvalue weighted by Crippen LogP contribution is -3.00. The molecule has 3 aromatic carbocycles. The van der Waals surface area contributed by atoms with Crippen molar-refractivity contribution in [2.45, 2.75) is 19.3 Å². The van der Waals surface area contributed by atoms with Gasteiger partial charge in [-0.2, -0.15) is 0 Å². The van der Waals surface area contributed by atoms with E-state index in [2.05, 4.69) is 17.4 Å². The van der Waals surface area contributed by atoms with Crippen molar-refractivity contribution >= 4 is 34.8 Å². The minimum atomic E-state index is -0.178. The van der Waals surface area contributed by atoms with Gasteiger partial charge in [-0.25, -0.2) is 0 Å². The first-order valence-electron chi connectivity index (χ1n) is 12.9. The van der Waals surface area contributed by atoms with E-state index in [4.69, 9.17) is 0 Å². The van der Waals surface area contributed by atoms with Gasteiger partial charge in [0.1, 0.15) is 0 Å². The van der Waals surface area contributed by atoms with Crippen LogP contribution >= 0.6 is 0 Å². The van der Waals surface area contributed by atoms with E-state index in [9.17, 15) is 14.4 Å². The fourth-order valence-corrected chi connectivity index (χ4v) is 5.39. The Morgan fingerprint density at radius 2 is 1.26 bits per heavy atom. The molecular weight excluding hydrogens is 500 g/mol. The van der Waals surface area contributed by atoms with Gasteiger partial charge in [0.25, 0.3) is 11.8 Å². The number of hydrogen-bond acceptors (Lipinski definition) is 3. The summed E-state index contributed by atoms with van der Waals surface area (Å²) in [6.07, 6.45) is 1.93. The predicted octanol–water partition coefficient (Wildman–Crippen LogP) is 0.644. The fraction of sp³-hybridized carbons (Fsp3) is 0.300. The van der Waals surface area contributed by atoms with Crippen molar-refractivity contribution in [2.75, 3.05) is 54.9 Å². The van der Waals surface area contributed by atoms with Crippen LogP contribution in [-0.2, 0) is 27.2 Å². The lowest BCUT2D eigenvalue weighted by molar-refractivity contribution is -0.893. The number of amides is 3. The monoisotopic (exact) mass is 532 g/mol. The number of fused-ring (bicyclic) bond motifs is 2. The average Bonchev–Trinajstić information content (AvgIpc) is 3.52. The van der Waals surface area contributed by atoms with E-state index in [1.807, 2.05) is 83.6 Å². The maximum atomic E-state index is 13.5. The van der Waals surface area contributed by atoms with Crippen LogP contribution in [0.5, 0.6) is 0 Å². The number of nitrogens with zero attached hydrogens (tertiary/aromatic N) is 3. The van der Waals surface area contributed by atoms with Crippen LogP contribution < -0.4 is 27.5 Å². The summed E-state index contributed by atoms with van der Waals surface area (Å²) in [5, 5.41) is 2.94. The van der Waals surface area contributed by atoms with Crippen LogP contribution in [0.2, 0.25) is 0 Å². The van der Waals surface area contributed by atoms with Gasteiger partial charge in [0, 0.05) is 30.2 Å². The number of carbonyl (C=O) groups excluding carboxylic acids is 3. The van der Waals surface area contributed by atoms with Gasteiger partial charge in [0.2, 0.25) is 5.91 Å². The molecular formula is C30H33ClN4O3. The molecule has 0 saturated carbocycles. The summed E-state index contributed by atoms with van der Waals surface area (Å²) in [7, 11) is 1.90. The molecule has 1 N–H and O–H groups in total. The van der Waals surface area contributed by atoms with Gasteiger partial charge in [0.15, 0.2) is 13.1 Å². The van der Waals surface area contributed by atoms with Crippen molar-refractivity contribution in [3.8, 4) is 0 Å². The molecule has 2 heterocycles. The summed E-state index contributed by atoms with van der Waals surface area (Å²) < 4.78 is 0.150. The smallest absolute Gasteiger partial charge is 0.282 e. The predicted molar refractivity (Wildman–Crippen MR) is 145 cm³/mol. The summed E-state index contributed by atoms with van der Waals surface area (Å²) >= 11 is 0. The highest BCUT2D eigenvalue weighted by molar-refractivity contribution is 5.97. The molecule has 0 saturated heterocycles. The second-order valence-electron chi connectivity index (χ2n) is 10.2. The van der Waals surface area contributed by atoms with Crippen molar-refractivity contribution in [2.24, 2.45) is 0 Å². The molecule has 5 rings (SSSR count). The number of para-hydroxylation sites is 3. The van der Waals surface area contributed by atoms with Gasteiger partial charge in [-0.1, -0.05) is 54.6 Å². The van der Waals surface area contributed by atoms with Crippen LogP contribution in [0.4, 0.5) is 17.1 Å². The van der Waals surface area contributed by atoms with Gasteiger partial charge in [-0.15, -0.1) is 0 Å². The van der Waals surface area contributed by atoms with Crippen LogP contribution in [0.3, 0.4) is 0 Å². The second-order valence-corrected chi connectivity index (χ2v) is 10.2. The number of halogens is 1. The fourth-order valence-electron chi connectivity index (χ4n) is 5.39. The molecule has 38 heavy (non-hydrogen) atoms. The molecule has 0 radical (unpaired) electrons. The molecule has 2 aliphatic rings. The third-order valence-corrected chi connectivity index (χ3v) is 7.34. The largest absolute Gasteiger partial charge is 1.00 e. The van der Waals surface area contributed by atoms with Crippen molar-refractivity contribution in [3.05, 3.63) is 90.0 Å². The Kier molecular flexibility index (Phi) is 8.49. The van der Waals surface area contributed by atoms with Gasteiger partial charge in [-0.05, 0) is 48.2 Å². The van der Waals surface area contributed by atoms with Crippen LogP contribution in [0.15, 0.2) is 78.9 Å². The van der Waals surface area contributed by atoms with E-state index in [0.29, 0.717) is 25.3 Å². The maximum Gasteiger partial charge on any atom is 0.282 e. The number of likely N-dealkylation sites (N-methyl/N-ethyl adjacent to an activating group) is 1. The number of rotatable bonds is 8. The summed E-state index contributed by atoms with van der Waals surface area (Å²) in [6.45, 7) is 1.93. The first-order valence-corrected chi connectivity index (χ1v) is 12.9. The molecule has 3 aromatic rings. The average molecular weight is 533 g/mol. The Balaban J connectivity index is 0.00000336. The third-order valence-electron chi connectivity index (χ3n) is 7.34. The normalized spacial score (nSPS) is 15.2. The van der Waals surface area contributed by atoms with Crippen molar-refractivity contribution in [3.63, 3.8) is 0 Å². The zero-order chi connectivity index (χ0) is 25.8. The first-order chi connectivity index (χ1) is 17.9. The van der Waals surface area contributed by atoms with Crippen molar-refractivity contribution < 1.29 is 31.3 Å². The van der Waals surface area contributed by atoms with Crippen LogP contribution in [0, 0.1) is 0 Å². The Morgan fingerprint density at radius 1 is 0.737 bits per heavy atom. The number of quaternary nitrogens is 1. The molecule has 0 aromatic heterocycles. The summed E-state index contributed by atoms with van der Waals surface area (Å²) in [5.74, 6) is -0.182. The Labute approximate surface area is 230 Å². The Hall–Kier alpha value is -3.68. The van der Waals surface area contributed by atoms with E-state index in [0.717, 1.165) is 29.8 Å². The number of hydrogen-bond donors (Lipinski definition) is 1. The lowest BCUT2D eigenvalue weighted by Gasteiger charge is -2.35. The minimum absolute atomic E-state index is 0. The molecule has 8 heteroatoms. The van der Waals surface area contributed by atoms with E-state index < -0.39 is 0 Å². The minimum Gasteiger partial charge on any atom is -1.00 e. The second kappa shape index (κ2) is 11.8. The molecule has 0 aliphatic carbocycles. The van der Waals surface area contributed by atoms with Crippen molar-refractivity contribution in [1.82, 2.24) is 0 Å². The SMILES string of the molecule is C[N+](CCC(=O)N1CCc2ccccc21)(CC(=O)Nc1ccccc1)CC(=O)N1CCc2ccccc21.[Cl-]. The first kappa shape index (κ1) is 27.4. The highest BCUT2D eigenvalue weighted by Gasteiger charge is 2.35. The molecule has 3 amide bonds. The van der Waals surface area contributed by atoms with E-state index >= 15 is 0 Å². The molecule has 198 valence electrons. The zero-order valence-electron chi connectivity index (χ0n) is 21.6. The van der Waals surface area contributed by atoms with Gasteiger partial charge < -0.3 is 32.0 Å². The van der Waals surface area contributed by atoms with Crippen LogP contribution in [0.25, 0.3) is 0 Å². The molecule has 7 nitrogen and oxygen atoms in total. The third kappa shape index (κ3) is 6.06. The van der Waals surface area contributed by atoms with E-state index in [1.54, 1.807) is 0 Å². The Morgan fingerprint density at radius 3 is 1.87 bits per heavy atom. The van der Waals surface area contributed by atoms with Crippen LogP contribution in [0.1, 0.15) is 17.5 Å². The van der Waals surface area contributed by atoms with E-state index in [1.165, 1.54) is 5.56 Å². The summed E-state index contributed by atoms with van der Waals surface area (Å²) in [5.41, 5.74) is 4.96. The van der Waals surface area contributed by atoms with Gasteiger partial charge >= 0.3 is 0 Å². The van der Waals surface area contributed by atoms with E-state index in [-0.39, 0.29) is 54.1 Å². The number of carbonyl (C=O) groups is 3. The molecule has 0 spiro atoms. The topological polar surface area (TPSA) is 69.7 Å². The molecule has 1 atom stereocenters. The molecule has 2 aliphatic heterocycles. The number of nitrogens with one attached hydrogen (secondary N) is 1. The molecule has 0 fully saturated rings. The van der Waals surface area contributed by atoms with Gasteiger partial charge in [-0.3, -0.25) is 14.4 Å². The highest BCUT2D eigenvalue weighted by atomic mass is 35.5. The highest BCUT2D eigenvalue weighted by Crippen LogP contribution is 2.29. The van der Waals surface area contributed by atoms with Gasteiger partial charge in [0.05, 0.1) is 20.0 Å². The summed E-state index contributed by atoms with van der Waals surface area (Å²) in [6, 6.07) is 25.2. The molecule has 0 bridgehead atoms.